The van der Waals surface area contributed by atoms with Gasteiger partial charge in [0.1, 0.15) is 6.61 Å². The van der Waals surface area contributed by atoms with Crippen LogP contribution in [-0.4, -0.2) is 62.8 Å². The van der Waals surface area contributed by atoms with E-state index in [1.165, 1.54) is 49.2 Å². The van der Waals surface area contributed by atoms with Gasteiger partial charge >= 0.3 is 11.9 Å². The maximum absolute atomic E-state index is 14.5. The van der Waals surface area contributed by atoms with E-state index in [4.69, 9.17) is 18.6 Å². The molecule has 3 rings (SSSR count). The number of carbonyl (C=O) groups is 4. The Hall–Kier alpha value is -4.44. The molecule has 0 fully saturated rings. The molecular weight excluding hydrogens is 540 g/mol. The number of benzene rings is 2. The number of para-hydroxylation sites is 2. The standard InChI is InChI=1S/C32H38N2O8/c1-20-13-10-14-21(2)26(20)33(25(35)19-39-7)31(5,29(37)40-8)32(6,30(38)41-9)34(28(36)24-17-12-18-42-24)27-22(3)15-11-16-23(27)4/h10-18H,19H2,1-9H3/t31-,32+/m1/s1. The highest BCUT2D eigenvalue weighted by Crippen LogP contribution is 2.45. The summed E-state index contributed by atoms with van der Waals surface area (Å²) < 4.78 is 21.4. The molecule has 2 atom stereocenters. The average molecular weight is 579 g/mol. The monoisotopic (exact) mass is 578 g/mol. The molecule has 10 nitrogen and oxygen atoms in total. The molecule has 0 unspecified atom stereocenters. The summed E-state index contributed by atoms with van der Waals surface area (Å²) in [5, 5.41) is 0. The van der Waals surface area contributed by atoms with E-state index in [0.717, 1.165) is 14.2 Å². The fourth-order valence-corrected chi connectivity index (χ4v) is 5.55. The van der Waals surface area contributed by atoms with Crippen molar-refractivity contribution in [3.63, 3.8) is 0 Å². The van der Waals surface area contributed by atoms with E-state index in [0.29, 0.717) is 33.6 Å². The van der Waals surface area contributed by atoms with Crippen LogP contribution >= 0.6 is 0 Å². The number of aryl methyl sites for hydroxylation is 4. The van der Waals surface area contributed by atoms with Gasteiger partial charge in [0.25, 0.3) is 11.8 Å². The average Bonchev–Trinajstić information content (AvgIpc) is 3.50. The van der Waals surface area contributed by atoms with Crippen molar-refractivity contribution in [2.45, 2.75) is 52.6 Å². The number of anilines is 2. The molecule has 0 spiro atoms. The van der Waals surface area contributed by atoms with Crippen LogP contribution in [0.25, 0.3) is 0 Å². The van der Waals surface area contributed by atoms with Crippen LogP contribution in [0.2, 0.25) is 0 Å². The Morgan fingerprint density at radius 2 is 1.12 bits per heavy atom. The number of hydrogen-bond acceptors (Lipinski definition) is 8. The summed E-state index contributed by atoms with van der Waals surface area (Å²) >= 11 is 0. The second kappa shape index (κ2) is 12.6. The second-order valence-corrected chi connectivity index (χ2v) is 10.4. The fraction of sp³-hybridized carbons (Fsp3) is 0.375. The SMILES string of the molecule is COCC(=O)N(c1c(C)cccc1C)[C@](C)(C(=O)OC)[C@](C)(C(=O)OC)N(C(=O)c1ccco1)c1c(C)cccc1C. The van der Waals surface area contributed by atoms with Gasteiger partial charge in [-0.1, -0.05) is 36.4 Å². The lowest BCUT2D eigenvalue weighted by Gasteiger charge is -2.53. The highest BCUT2D eigenvalue weighted by atomic mass is 16.5. The van der Waals surface area contributed by atoms with Crippen LogP contribution < -0.4 is 9.80 Å². The van der Waals surface area contributed by atoms with Crippen LogP contribution in [0.5, 0.6) is 0 Å². The smallest absolute Gasteiger partial charge is 0.335 e. The van der Waals surface area contributed by atoms with Crippen molar-refractivity contribution in [2.75, 3.05) is 37.7 Å². The Bertz CT molecular complexity index is 1440. The third-order valence-electron chi connectivity index (χ3n) is 7.79. The third-order valence-corrected chi connectivity index (χ3v) is 7.79. The maximum atomic E-state index is 14.5. The highest BCUT2D eigenvalue weighted by molar-refractivity contribution is 6.15. The van der Waals surface area contributed by atoms with E-state index in [9.17, 15) is 19.2 Å². The maximum Gasteiger partial charge on any atom is 0.335 e. The van der Waals surface area contributed by atoms with E-state index in [2.05, 4.69) is 0 Å². The van der Waals surface area contributed by atoms with Crippen molar-refractivity contribution in [2.24, 2.45) is 0 Å². The lowest BCUT2D eigenvalue weighted by molar-refractivity contribution is -0.161. The van der Waals surface area contributed by atoms with Gasteiger partial charge in [-0.15, -0.1) is 0 Å². The molecule has 2 amide bonds. The number of amides is 2. The van der Waals surface area contributed by atoms with Crippen molar-refractivity contribution in [3.8, 4) is 0 Å². The summed E-state index contributed by atoms with van der Waals surface area (Å²) in [6, 6.07) is 13.7. The van der Waals surface area contributed by atoms with Gasteiger partial charge in [-0.05, 0) is 75.9 Å². The molecule has 0 saturated carbocycles. The van der Waals surface area contributed by atoms with Gasteiger partial charge in [0.2, 0.25) is 0 Å². The Morgan fingerprint density at radius 3 is 1.50 bits per heavy atom. The van der Waals surface area contributed by atoms with Crippen LogP contribution in [0.4, 0.5) is 11.4 Å². The minimum absolute atomic E-state index is 0.0955. The molecule has 0 aliphatic rings. The Kier molecular flexibility index (Phi) is 9.63. The van der Waals surface area contributed by atoms with Crippen molar-refractivity contribution in [1.82, 2.24) is 0 Å². The number of methoxy groups -OCH3 is 3. The molecule has 1 aromatic heterocycles. The first-order valence-corrected chi connectivity index (χ1v) is 13.3. The lowest BCUT2D eigenvalue weighted by atomic mass is 9.74. The van der Waals surface area contributed by atoms with Gasteiger partial charge in [0, 0.05) is 7.11 Å². The highest BCUT2D eigenvalue weighted by Gasteiger charge is 2.67. The molecule has 224 valence electrons. The summed E-state index contributed by atoms with van der Waals surface area (Å²) in [7, 11) is 3.65. The molecular formula is C32H38N2O8. The van der Waals surface area contributed by atoms with Gasteiger partial charge in [0.05, 0.1) is 31.9 Å². The predicted molar refractivity (Wildman–Crippen MR) is 158 cm³/mol. The summed E-state index contributed by atoms with van der Waals surface area (Å²) in [6.45, 7) is 9.45. The topological polar surface area (TPSA) is 116 Å². The first-order chi connectivity index (χ1) is 19.8. The summed E-state index contributed by atoms with van der Waals surface area (Å²) in [5.41, 5.74) is -1.25. The van der Waals surface area contributed by atoms with Gasteiger partial charge in [-0.3, -0.25) is 19.4 Å². The zero-order valence-electron chi connectivity index (χ0n) is 25.6. The second-order valence-electron chi connectivity index (χ2n) is 10.4. The quantitative estimate of drug-likeness (QED) is 0.318. The van der Waals surface area contributed by atoms with E-state index in [1.807, 2.05) is 12.1 Å². The summed E-state index contributed by atoms with van der Waals surface area (Å²) in [4.78, 5) is 59.4. The van der Waals surface area contributed by atoms with Crippen molar-refractivity contribution >= 4 is 35.1 Å². The van der Waals surface area contributed by atoms with E-state index < -0.39 is 41.4 Å². The molecule has 42 heavy (non-hydrogen) atoms. The first kappa shape index (κ1) is 32.1. The number of hydrogen-bond donors (Lipinski definition) is 0. The van der Waals surface area contributed by atoms with E-state index >= 15 is 0 Å². The van der Waals surface area contributed by atoms with Gasteiger partial charge in [-0.25, -0.2) is 9.59 Å². The predicted octanol–water partition coefficient (Wildman–Crippen LogP) is 4.70. The van der Waals surface area contributed by atoms with Crippen molar-refractivity contribution < 1.29 is 37.8 Å². The minimum atomic E-state index is -2.24. The van der Waals surface area contributed by atoms with E-state index in [-0.39, 0.29) is 5.76 Å². The Balaban J connectivity index is 2.60. The lowest BCUT2D eigenvalue weighted by Crippen LogP contribution is -2.78. The number of carbonyl (C=O) groups excluding carboxylic acids is 4. The van der Waals surface area contributed by atoms with Gasteiger partial charge < -0.3 is 18.6 Å². The molecule has 2 aromatic carbocycles. The summed E-state index contributed by atoms with van der Waals surface area (Å²) in [5.74, 6) is -3.42. The minimum Gasteiger partial charge on any atom is -0.467 e. The number of esters is 2. The zero-order chi connectivity index (χ0) is 31.4. The Labute approximate surface area is 246 Å². The van der Waals surface area contributed by atoms with Crippen LogP contribution in [0.3, 0.4) is 0 Å². The number of rotatable bonds is 10. The first-order valence-electron chi connectivity index (χ1n) is 13.3. The molecule has 3 aromatic rings. The third kappa shape index (κ3) is 5.18. The molecule has 0 N–H and O–H groups in total. The van der Waals surface area contributed by atoms with Crippen LogP contribution in [-0.2, 0) is 28.6 Å². The summed E-state index contributed by atoms with van der Waals surface area (Å²) in [6.07, 6.45) is 1.33. The number of furan rings is 1. The molecule has 0 saturated heterocycles. The molecule has 10 heteroatoms. The molecule has 0 aliphatic carbocycles. The molecule has 0 radical (unpaired) electrons. The number of nitrogens with zero attached hydrogens (tertiary/aromatic N) is 2. The molecule has 0 aliphatic heterocycles. The van der Waals surface area contributed by atoms with Crippen molar-refractivity contribution in [1.29, 1.82) is 0 Å². The normalized spacial score (nSPS) is 13.8. The van der Waals surface area contributed by atoms with Crippen LogP contribution in [0.1, 0.15) is 46.7 Å². The largest absolute Gasteiger partial charge is 0.467 e. The van der Waals surface area contributed by atoms with Gasteiger partial charge in [0.15, 0.2) is 16.8 Å². The molecule has 0 bridgehead atoms. The number of ether oxygens (including phenoxy) is 3. The van der Waals surface area contributed by atoms with Crippen molar-refractivity contribution in [3.05, 3.63) is 82.8 Å². The zero-order valence-corrected chi connectivity index (χ0v) is 25.6. The van der Waals surface area contributed by atoms with Crippen LogP contribution in [0, 0.1) is 27.7 Å². The van der Waals surface area contributed by atoms with E-state index in [1.54, 1.807) is 52.0 Å². The van der Waals surface area contributed by atoms with Crippen LogP contribution in [0.15, 0.2) is 59.2 Å². The fourth-order valence-electron chi connectivity index (χ4n) is 5.55. The van der Waals surface area contributed by atoms with Gasteiger partial charge in [-0.2, -0.15) is 0 Å². The molecule has 1 heterocycles. The Morgan fingerprint density at radius 1 is 0.690 bits per heavy atom.